The maximum absolute atomic E-state index is 11.9. The van der Waals surface area contributed by atoms with E-state index < -0.39 is 0 Å². The maximum Gasteiger partial charge on any atom is 0.227 e. The van der Waals surface area contributed by atoms with Crippen molar-refractivity contribution in [2.45, 2.75) is 19.0 Å². The summed E-state index contributed by atoms with van der Waals surface area (Å²) in [6.45, 7) is 2.28. The molecule has 1 aromatic rings. The summed E-state index contributed by atoms with van der Waals surface area (Å²) >= 11 is 1.89. The first-order valence-electron chi connectivity index (χ1n) is 6.41. The highest BCUT2D eigenvalue weighted by molar-refractivity contribution is 7.99. The third-order valence-corrected chi connectivity index (χ3v) is 3.99. The first-order valence-corrected chi connectivity index (χ1v) is 7.57. The van der Waals surface area contributed by atoms with Gasteiger partial charge in [-0.25, -0.2) is 0 Å². The molecule has 1 fully saturated rings. The van der Waals surface area contributed by atoms with Crippen LogP contribution in [0.3, 0.4) is 0 Å². The highest BCUT2D eigenvalue weighted by Crippen LogP contribution is 2.11. The Hall–Kier alpha value is -0.760. The lowest BCUT2D eigenvalue weighted by molar-refractivity contribution is -0.116. The Bertz CT molecular complexity index is 410. The molecule has 1 unspecified atom stereocenters. The van der Waals surface area contributed by atoms with Gasteiger partial charge in [0.2, 0.25) is 5.91 Å². The molecule has 114 valence electrons. The van der Waals surface area contributed by atoms with E-state index in [1.54, 1.807) is 17.9 Å². The maximum atomic E-state index is 11.9. The monoisotopic (exact) mass is 320 g/mol. The Balaban J connectivity index is 0.00000200. The second kappa shape index (κ2) is 9.23. The molecule has 0 saturated carbocycles. The fourth-order valence-electron chi connectivity index (χ4n) is 1.91. The van der Waals surface area contributed by atoms with Crippen LogP contribution in [0.4, 0.5) is 5.82 Å². The van der Waals surface area contributed by atoms with Crippen molar-refractivity contribution in [2.24, 2.45) is 0 Å². The lowest BCUT2D eigenvalue weighted by Crippen LogP contribution is -2.39. The molecular formula is C12H21ClN4O2S. The van der Waals surface area contributed by atoms with Gasteiger partial charge in [-0.15, -0.1) is 12.4 Å². The van der Waals surface area contributed by atoms with E-state index >= 15 is 0 Å². The van der Waals surface area contributed by atoms with E-state index in [4.69, 9.17) is 4.74 Å². The van der Waals surface area contributed by atoms with Gasteiger partial charge in [0.1, 0.15) is 0 Å². The number of carbonyl (C=O) groups excluding carboxylic acids is 1. The standard InChI is InChI=1S/C12H20N4O2S.ClH/c1-18-6-5-16-4-2-11(15-16)14-12(17)8-10-9-19-7-3-13-10;/h2,4,10,13H,3,5-9H2,1H3,(H,14,15,17);1H. The third kappa shape index (κ3) is 5.70. The van der Waals surface area contributed by atoms with Crippen molar-refractivity contribution in [3.05, 3.63) is 12.3 Å². The van der Waals surface area contributed by atoms with Gasteiger partial charge in [-0.2, -0.15) is 16.9 Å². The van der Waals surface area contributed by atoms with Crippen molar-refractivity contribution < 1.29 is 9.53 Å². The summed E-state index contributed by atoms with van der Waals surface area (Å²) in [5, 5.41) is 10.4. The van der Waals surface area contributed by atoms with Crippen LogP contribution in [0, 0.1) is 0 Å². The van der Waals surface area contributed by atoms with Crippen molar-refractivity contribution in [3.63, 3.8) is 0 Å². The molecule has 20 heavy (non-hydrogen) atoms. The zero-order valence-corrected chi connectivity index (χ0v) is 13.1. The molecule has 1 aliphatic heterocycles. The van der Waals surface area contributed by atoms with Crippen LogP contribution < -0.4 is 10.6 Å². The van der Waals surface area contributed by atoms with E-state index in [-0.39, 0.29) is 24.4 Å². The summed E-state index contributed by atoms with van der Waals surface area (Å²) in [6.07, 6.45) is 2.33. The molecule has 1 saturated heterocycles. The number of anilines is 1. The lowest BCUT2D eigenvalue weighted by Gasteiger charge is -2.22. The average molecular weight is 321 g/mol. The Morgan fingerprint density at radius 1 is 1.70 bits per heavy atom. The molecule has 1 atom stereocenters. The van der Waals surface area contributed by atoms with Gasteiger partial charge in [-0.1, -0.05) is 0 Å². The van der Waals surface area contributed by atoms with Crippen LogP contribution in [0.1, 0.15) is 6.42 Å². The lowest BCUT2D eigenvalue weighted by atomic mass is 10.2. The second-order valence-corrected chi connectivity index (χ2v) is 5.58. The molecule has 1 aromatic heterocycles. The summed E-state index contributed by atoms with van der Waals surface area (Å²) in [5.74, 6) is 2.74. The minimum atomic E-state index is 0. The second-order valence-electron chi connectivity index (χ2n) is 4.44. The minimum Gasteiger partial charge on any atom is -0.383 e. The topological polar surface area (TPSA) is 68.2 Å². The van der Waals surface area contributed by atoms with Gasteiger partial charge < -0.3 is 15.4 Å². The van der Waals surface area contributed by atoms with Crippen LogP contribution in [0.5, 0.6) is 0 Å². The number of aromatic nitrogens is 2. The van der Waals surface area contributed by atoms with E-state index in [0.29, 0.717) is 25.4 Å². The van der Waals surface area contributed by atoms with Crippen LogP contribution in [0.15, 0.2) is 12.3 Å². The number of halogens is 1. The molecule has 0 bridgehead atoms. The molecule has 2 rings (SSSR count). The van der Waals surface area contributed by atoms with E-state index in [9.17, 15) is 4.79 Å². The number of carbonyl (C=O) groups is 1. The van der Waals surface area contributed by atoms with Gasteiger partial charge in [0, 0.05) is 49.9 Å². The normalized spacial score (nSPS) is 18.4. The van der Waals surface area contributed by atoms with Crippen molar-refractivity contribution >= 4 is 35.9 Å². The molecule has 0 aromatic carbocycles. The summed E-state index contributed by atoms with van der Waals surface area (Å²) in [7, 11) is 1.65. The van der Waals surface area contributed by atoms with Crippen LogP contribution in [0.25, 0.3) is 0 Å². The SMILES string of the molecule is COCCn1ccc(NC(=O)CC2CSCCN2)n1.Cl. The number of methoxy groups -OCH3 is 1. The summed E-state index contributed by atoms with van der Waals surface area (Å²) in [4.78, 5) is 11.9. The Morgan fingerprint density at radius 2 is 2.55 bits per heavy atom. The van der Waals surface area contributed by atoms with Gasteiger partial charge in [-0.05, 0) is 0 Å². The molecule has 1 amide bonds. The number of hydrogen-bond donors (Lipinski definition) is 2. The van der Waals surface area contributed by atoms with Crippen molar-refractivity contribution in [3.8, 4) is 0 Å². The van der Waals surface area contributed by atoms with Crippen LogP contribution in [-0.2, 0) is 16.1 Å². The first kappa shape index (κ1) is 17.3. The number of rotatable bonds is 6. The quantitative estimate of drug-likeness (QED) is 0.818. The van der Waals surface area contributed by atoms with E-state index in [1.807, 2.05) is 18.0 Å². The van der Waals surface area contributed by atoms with Gasteiger partial charge in [0.05, 0.1) is 13.2 Å². The Labute approximate surface area is 129 Å². The predicted molar refractivity (Wildman–Crippen MR) is 83.7 cm³/mol. The van der Waals surface area contributed by atoms with E-state index in [2.05, 4.69) is 15.7 Å². The fourth-order valence-corrected chi connectivity index (χ4v) is 2.86. The number of amides is 1. The average Bonchev–Trinajstić information content (AvgIpc) is 2.85. The molecule has 2 N–H and O–H groups in total. The Kier molecular flexibility index (Phi) is 7.98. The minimum absolute atomic E-state index is 0. The smallest absolute Gasteiger partial charge is 0.227 e. The summed E-state index contributed by atoms with van der Waals surface area (Å²) in [5.41, 5.74) is 0. The number of nitrogens with zero attached hydrogens (tertiary/aromatic N) is 2. The highest BCUT2D eigenvalue weighted by atomic mass is 35.5. The number of hydrogen-bond acceptors (Lipinski definition) is 5. The molecule has 0 aliphatic carbocycles. The fraction of sp³-hybridized carbons (Fsp3) is 0.667. The molecule has 6 nitrogen and oxygen atoms in total. The van der Waals surface area contributed by atoms with Crippen LogP contribution in [0.2, 0.25) is 0 Å². The van der Waals surface area contributed by atoms with Crippen molar-refractivity contribution in [1.29, 1.82) is 0 Å². The largest absolute Gasteiger partial charge is 0.383 e. The van der Waals surface area contributed by atoms with E-state index in [0.717, 1.165) is 18.1 Å². The molecule has 0 spiro atoms. The van der Waals surface area contributed by atoms with Gasteiger partial charge in [-0.3, -0.25) is 9.48 Å². The zero-order valence-electron chi connectivity index (χ0n) is 11.5. The number of ether oxygens (including phenoxy) is 1. The first-order chi connectivity index (χ1) is 9.28. The molecule has 8 heteroatoms. The van der Waals surface area contributed by atoms with Gasteiger partial charge >= 0.3 is 0 Å². The van der Waals surface area contributed by atoms with E-state index in [1.165, 1.54) is 0 Å². The van der Waals surface area contributed by atoms with Crippen LogP contribution in [-0.4, -0.2) is 53.5 Å². The van der Waals surface area contributed by atoms with Crippen molar-refractivity contribution in [1.82, 2.24) is 15.1 Å². The molecule has 1 aliphatic rings. The molecule has 2 heterocycles. The number of thioether (sulfide) groups is 1. The zero-order chi connectivity index (χ0) is 13.5. The molecule has 0 radical (unpaired) electrons. The predicted octanol–water partition coefficient (Wildman–Crippen LogP) is 0.985. The highest BCUT2D eigenvalue weighted by Gasteiger charge is 2.17. The van der Waals surface area contributed by atoms with Gasteiger partial charge in [0.25, 0.3) is 0 Å². The van der Waals surface area contributed by atoms with Gasteiger partial charge in [0.15, 0.2) is 5.82 Å². The third-order valence-electron chi connectivity index (χ3n) is 2.86. The summed E-state index contributed by atoms with van der Waals surface area (Å²) in [6, 6.07) is 2.07. The summed E-state index contributed by atoms with van der Waals surface area (Å²) < 4.78 is 6.74. The van der Waals surface area contributed by atoms with Crippen molar-refractivity contribution in [2.75, 3.05) is 37.1 Å². The molecular weight excluding hydrogens is 300 g/mol. The Morgan fingerprint density at radius 3 is 3.25 bits per heavy atom. The van der Waals surface area contributed by atoms with Crippen LogP contribution >= 0.6 is 24.2 Å². The number of nitrogens with one attached hydrogen (secondary N) is 2.